The first-order valence-electron chi connectivity index (χ1n) is 6.21. The molecule has 0 N–H and O–H groups in total. The Labute approximate surface area is 127 Å². The predicted molar refractivity (Wildman–Crippen MR) is 74.6 cm³/mol. The van der Waals surface area contributed by atoms with Crippen molar-refractivity contribution in [2.24, 2.45) is 0 Å². The Bertz CT molecular complexity index is 552. The lowest BCUT2D eigenvalue weighted by Gasteiger charge is -2.08. The van der Waals surface area contributed by atoms with Gasteiger partial charge in [0, 0.05) is 0 Å². The molecule has 1 rings (SSSR count). The smallest absolute Gasteiger partial charge is 0.485 e. The molecule has 22 heavy (non-hydrogen) atoms. The predicted octanol–water partition coefficient (Wildman–Crippen LogP) is 1.99. The van der Waals surface area contributed by atoms with E-state index in [2.05, 4.69) is 24.3 Å². The summed E-state index contributed by atoms with van der Waals surface area (Å²) in [6.45, 7) is 0.785. The van der Waals surface area contributed by atoms with Crippen LogP contribution in [0.1, 0.15) is 12.0 Å². The molecule has 126 valence electrons. The summed E-state index contributed by atoms with van der Waals surface area (Å²) < 4.78 is 66.1. The fourth-order valence-corrected chi connectivity index (χ4v) is 1.21. The van der Waals surface area contributed by atoms with Crippen LogP contribution in [0.2, 0.25) is 0 Å². The molecule has 1 aromatic carbocycles. The van der Waals surface area contributed by atoms with Crippen molar-refractivity contribution in [1.82, 2.24) is 0 Å². The van der Waals surface area contributed by atoms with Gasteiger partial charge in [0.05, 0.1) is 6.61 Å². The zero-order chi connectivity index (χ0) is 17.2. The monoisotopic (exact) mass is 341 g/mol. The molecule has 0 aliphatic rings. The Hall–Kier alpha value is -1.61. The number of hydrogen-bond acceptors (Lipinski definition) is 4. The molecule has 0 spiro atoms. The Balaban J connectivity index is 0.000000472. The minimum absolute atomic E-state index is 0.785. The number of halogens is 3. The third-order valence-corrected chi connectivity index (χ3v) is 2.71. The maximum absolute atomic E-state index is 10.7. The van der Waals surface area contributed by atoms with Crippen molar-refractivity contribution >= 4 is 16.5 Å². The number of benzene rings is 1. The highest BCUT2D eigenvalue weighted by Gasteiger charge is 2.36. The quantitative estimate of drug-likeness (QED) is 0.205. The van der Waals surface area contributed by atoms with Crippen LogP contribution in [-0.4, -0.2) is 50.2 Å². The van der Waals surface area contributed by atoms with Crippen LogP contribution < -0.4 is 0 Å². The van der Waals surface area contributed by atoms with E-state index in [9.17, 15) is 13.2 Å². The standard InChI is InChI=1S/C12H18NO.CHF3O3S/c1-13(2)11-14-10-6-9-12-7-4-3-5-8-12;2-1(3,4)8(5,6)7/h3-5,7-8,11H,6,9-10H2,1-2H3;(H,5,6,7)/q+1;/p-1. The topological polar surface area (TPSA) is 69.4 Å². The van der Waals surface area contributed by atoms with Crippen molar-refractivity contribution in [3.05, 3.63) is 35.9 Å². The molecule has 0 aliphatic carbocycles. The van der Waals surface area contributed by atoms with E-state index in [0.717, 1.165) is 19.4 Å². The number of rotatable bonds is 5. The molecule has 0 aliphatic heterocycles. The normalized spacial score (nSPS) is 11.2. The summed E-state index contributed by atoms with van der Waals surface area (Å²) >= 11 is 0. The SMILES string of the molecule is C[N+](C)=COCCCc1ccccc1.O=S(=O)([O-])C(F)(F)F. The molecule has 0 fully saturated rings. The largest absolute Gasteiger partial charge is 0.741 e. The van der Waals surface area contributed by atoms with E-state index in [-0.39, 0.29) is 0 Å². The lowest BCUT2D eigenvalue weighted by atomic mass is 10.1. The van der Waals surface area contributed by atoms with E-state index in [4.69, 9.17) is 17.7 Å². The maximum atomic E-state index is 10.7. The van der Waals surface area contributed by atoms with Crippen LogP contribution in [0.3, 0.4) is 0 Å². The van der Waals surface area contributed by atoms with Crippen molar-refractivity contribution < 1.29 is 35.5 Å². The summed E-state index contributed by atoms with van der Waals surface area (Å²) in [7, 11) is -2.18. The van der Waals surface area contributed by atoms with Crippen molar-refractivity contribution in [3.63, 3.8) is 0 Å². The summed E-state index contributed by atoms with van der Waals surface area (Å²) in [6, 6.07) is 10.5. The highest BCUT2D eigenvalue weighted by molar-refractivity contribution is 7.86. The van der Waals surface area contributed by atoms with E-state index in [1.165, 1.54) is 5.56 Å². The molecule has 0 bridgehead atoms. The third kappa shape index (κ3) is 10.2. The van der Waals surface area contributed by atoms with Crippen molar-refractivity contribution in [1.29, 1.82) is 0 Å². The van der Waals surface area contributed by atoms with Gasteiger partial charge in [-0.15, -0.1) is 0 Å². The fourth-order valence-electron chi connectivity index (χ4n) is 1.21. The number of aryl methyl sites for hydroxylation is 1. The van der Waals surface area contributed by atoms with Crippen LogP contribution in [0.15, 0.2) is 30.3 Å². The number of ether oxygens (including phenoxy) is 1. The highest BCUT2D eigenvalue weighted by Crippen LogP contribution is 2.20. The van der Waals surface area contributed by atoms with Gasteiger partial charge in [0.1, 0.15) is 14.1 Å². The zero-order valence-corrected chi connectivity index (χ0v) is 13.0. The molecule has 0 saturated heterocycles. The summed E-state index contributed by atoms with van der Waals surface area (Å²) in [5, 5.41) is 0. The van der Waals surface area contributed by atoms with Crippen LogP contribution in [0.4, 0.5) is 13.2 Å². The molecule has 0 unspecified atom stereocenters. The molecule has 0 amide bonds. The first kappa shape index (κ1) is 20.4. The van der Waals surface area contributed by atoms with E-state index < -0.39 is 15.6 Å². The molecule has 5 nitrogen and oxygen atoms in total. The van der Waals surface area contributed by atoms with Gasteiger partial charge in [-0.05, 0) is 18.4 Å². The lowest BCUT2D eigenvalue weighted by molar-refractivity contribution is -0.468. The van der Waals surface area contributed by atoms with E-state index in [1.807, 2.05) is 24.7 Å². The summed E-state index contributed by atoms with van der Waals surface area (Å²) in [5.41, 5.74) is -4.27. The van der Waals surface area contributed by atoms with Crippen LogP contribution >= 0.6 is 0 Å². The molecule has 0 aromatic heterocycles. The van der Waals surface area contributed by atoms with E-state index in [0.29, 0.717) is 0 Å². The molecule has 0 radical (unpaired) electrons. The molecular weight excluding hydrogens is 323 g/mol. The van der Waals surface area contributed by atoms with Gasteiger partial charge in [-0.1, -0.05) is 30.3 Å². The minimum Gasteiger partial charge on any atom is -0.741 e. The number of hydrogen-bond donors (Lipinski definition) is 0. The average Bonchev–Trinajstić information content (AvgIpc) is 2.37. The molecule has 0 saturated carbocycles. The van der Waals surface area contributed by atoms with Crippen LogP contribution in [-0.2, 0) is 21.3 Å². The maximum Gasteiger partial charge on any atom is 0.485 e. The van der Waals surface area contributed by atoms with Gasteiger partial charge >= 0.3 is 11.9 Å². The van der Waals surface area contributed by atoms with Crippen LogP contribution in [0, 0.1) is 0 Å². The first-order chi connectivity index (χ1) is 10.0. The second kappa shape index (κ2) is 9.42. The molecule has 9 heteroatoms. The highest BCUT2D eigenvalue weighted by atomic mass is 32.2. The Morgan fingerprint density at radius 2 is 1.73 bits per heavy atom. The molecule has 1 aromatic rings. The van der Waals surface area contributed by atoms with Crippen LogP contribution in [0.5, 0.6) is 0 Å². The summed E-state index contributed by atoms with van der Waals surface area (Å²) in [5.74, 6) is 0. The Kier molecular flexibility index (Phi) is 8.73. The Morgan fingerprint density at radius 1 is 1.23 bits per heavy atom. The second-order valence-electron chi connectivity index (χ2n) is 4.43. The van der Waals surface area contributed by atoms with Gasteiger partial charge in [0.25, 0.3) is 0 Å². The van der Waals surface area contributed by atoms with Gasteiger partial charge in [0.15, 0.2) is 10.1 Å². The lowest BCUT2D eigenvalue weighted by Crippen LogP contribution is -2.21. The van der Waals surface area contributed by atoms with Crippen molar-refractivity contribution in [2.45, 2.75) is 18.3 Å². The fraction of sp³-hybridized carbons (Fsp3) is 0.462. The first-order valence-corrected chi connectivity index (χ1v) is 7.62. The molecular formula is C13H18F3NO4S. The molecule has 0 atom stereocenters. The zero-order valence-electron chi connectivity index (χ0n) is 12.2. The summed E-state index contributed by atoms with van der Waals surface area (Å²) in [4.78, 5) is 0. The van der Waals surface area contributed by atoms with Gasteiger partial charge in [-0.3, -0.25) is 0 Å². The van der Waals surface area contributed by atoms with Crippen LogP contribution in [0.25, 0.3) is 0 Å². The van der Waals surface area contributed by atoms with E-state index >= 15 is 0 Å². The minimum atomic E-state index is -6.09. The average molecular weight is 341 g/mol. The second-order valence-corrected chi connectivity index (χ2v) is 5.80. The van der Waals surface area contributed by atoms with Gasteiger partial charge < -0.3 is 9.29 Å². The molecule has 0 heterocycles. The summed E-state index contributed by atoms with van der Waals surface area (Å²) in [6.07, 6.45) is 3.89. The van der Waals surface area contributed by atoms with Gasteiger partial charge in [-0.2, -0.15) is 13.2 Å². The third-order valence-electron chi connectivity index (χ3n) is 2.14. The van der Waals surface area contributed by atoms with Gasteiger partial charge in [-0.25, -0.2) is 13.0 Å². The Morgan fingerprint density at radius 3 is 2.14 bits per heavy atom. The van der Waals surface area contributed by atoms with Gasteiger partial charge in [0.2, 0.25) is 0 Å². The van der Waals surface area contributed by atoms with Crippen molar-refractivity contribution in [2.75, 3.05) is 20.7 Å². The van der Waals surface area contributed by atoms with Crippen molar-refractivity contribution in [3.8, 4) is 0 Å². The number of nitrogens with zero attached hydrogens (tertiary/aromatic N) is 1. The van der Waals surface area contributed by atoms with E-state index in [1.54, 1.807) is 6.40 Å². The number of alkyl halides is 3.